The van der Waals surface area contributed by atoms with Crippen molar-refractivity contribution in [2.75, 3.05) is 18.0 Å². The number of rotatable bonds is 2. The summed E-state index contributed by atoms with van der Waals surface area (Å²) in [7, 11) is 0. The van der Waals surface area contributed by atoms with Gasteiger partial charge in [0, 0.05) is 13.1 Å². The number of nitrogens with zero attached hydrogens (tertiary/aromatic N) is 3. The molecule has 132 valence electrons. The molecule has 5 nitrogen and oxygen atoms in total. The Balaban J connectivity index is 1.60. The fraction of sp³-hybridized carbons (Fsp3) is 0.333. The minimum Gasteiger partial charge on any atom is -0.274 e. The van der Waals surface area contributed by atoms with Gasteiger partial charge < -0.3 is 0 Å². The molecule has 3 aliphatic heterocycles. The van der Waals surface area contributed by atoms with Crippen LogP contribution in [0.15, 0.2) is 54.6 Å². The van der Waals surface area contributed by atoms with E-state index in [0.717, 1.165) is 30.6 Å². The maximum absolute atomic E-state index is 13.4. The van der Waals surface area contributed by atoms with E-state index < -0.39 is 0 Å². The molecule has 3 saturated heterocycles. The molecule has 3 aliphatic rings. The van der Waals surface area contributed by atoms with Gasteiger partial charge in [-0.2, -0.15) is 0 Å². The standard InChI is InChI=1S/C21H21N3O2/c1-14-7-5-10-16(13-14)24-20(25)17-18(15-8-3-2-4-9-15)22-11-6-12-23(22)19(17)21(24)26/h2-5,7-10,13,17-19H,6,11-12H2,1H3/t17-,18-,19-/m0/s1. The topological polar surface area (TPSA) is 43.9 Å². The molecule has 2 aromatic carbocycles. The SMILES string of the molecule is Cc1cccc(N2C(=O)[C@@H]3[C@@H](C2=O)N2CCCN2[C@H]3c2ccccc2)c1. The molecule has 3 heterocycles. The quantitative estimate of drug-likeness (QED) is 0.783. The van der Waals surface area contributed by atoms with E-state index in [1.807, 2.05) is 49.4 Å². The third-order valence-corrected chi connectivity index (χ3v) is 5.81. The summed E-state index contributed by atoms with van der Waals surface area (Å²) >= 11 is 0. The van der Waals surface area contributed by atoms with E-state index in [0.29, 0.717) is 5.69 Å². The highest BCUT2D eigenvalue weighted by Crippen LogP contribution is 2.48. The Bertz CT molecular complexity index is 882. The van der Waals surface area contributed by atoms with Crippen LogP contribution in [0.3, 0.4) is 0 Å². The first-order valence-corrected chi connectivity index (χ1v) is 9.19. The normalized spacial score (nSPS) is 28.7. The van der Waals surface area contributed by atoms with Gasteiger partial charge in [0.25, 0.3) is 5.91 Å². The number of aryl methyl sites for hydroxylation is 1. The zero-order valence-corrected chi connectivity index (χ0v) is 14.7. The van der Waals surface area contributed by atoms with Crippen molar-refractivity contribution in [1.82, 2.24) is 10.0 Å². The first-order valence-electron chi connectivity index (χ1n) is 9.19. The van der Waals surface area contributed by atoms with Crippen molar-refractivity contribution in [3.63, 3.8) is 0 Å². The highest BCUT2D eigenvalue weighted by Gasteiger charge is 2.62. The van der Waals surface area contributed by atoms with Crippen molar-refractivity contribution < 1.29 is 9.59 Å². The minimum atomic E-state index is -0.379. The summed E-state index contributed by atoms with van der Waals surface area (Å²) in [4.78, 5) is 28.1. The van der Waals surface area contributed by atoms with Crippen molar-refractivity contribution >= 4 is 17.5 Å². The molecule has 0 aliphatic carbocycles. The summed E-state index contributed by atoms with van der Waals surface area (Å²) in [6.45, 7) is 3.72. The number of hydrogen-bond donors (Lipinski definition) is 0. The Hall–Kier alpha value is -2.50. The van der Waals surface area contributed by atoms with Crippen LogP contribution in [0.25, 0.3) is 0 Å². The van der Waals surface area contributed by atoms with Gasteiger partial charge in [-0.25, -0.2) is 14.9 Å². The number of fused-ring (bicyclic) bond motifs is 3. The Kier molecular flexibility index (Phi) is 3.48. The Labute approximate surface area is 152 Å². The van der Waals surface area contributed by atoms with E-state index in [9.17, 15) is 9.59 Å². The molecule has 0 N–H and O–H groups in total. The average molecular weight is 347 g/mol. The van der Waals surface area contributed by atoms with Crippen LogP contribution in [0.1, 0.15) is 23.6 Å². The number of carbonyl (C=O) groups excluding carboxylic acids is 2. The van der Waals surface area contributed by atoms with Gasteiger partial charge in [-0.05, 0) is 36.6 Å². The number of hydrogen-bond acceptors (Lipinski definition) is 4. The maximum atomic E-state index is 13.4. The number of amides is 2. The molecule has 0 bridgehead atoms. The minimum absolute atomic E-state index is 0.0602. The van der Waals surface area contributed by atoms with E-state index in [-0.39, 0.29) is 29.8 Å². The van der Waals surface area contributed by atoms with Crippen LogP contribution in [0.2, 0.25) is 0 Å². The summed E-state index contributed by atoms with van der Waals surface area (Å²) in [6.07, 6.45) is 1.03. The van der Waals surface area contributed by atoms with Crippen molar-refractivity contribution in [1.29, 1.82) is 0 Å². The lowest BCUT2D eigenvalue weighted by Crippen LogP contribution is -2.44. The molecule has 26 heavy (non-hydrogen) atoms. The van der Waals surface area contributed by atoms with Crippen LogP contribution in [-0.4, -0.2) is 41.0 Å². The smallest absolute Gasteiger partial charge is 0.253 e. The number of hydrazine groups is 1. The van der Waals surface area contributed by atoms with Crippen LogP contribution < -0.4 is 4.90 Å². The van der Waals surface area contributed by atoms with E-state index in [1.54, 1.807) is 0 Å². The Morgan fingerprint density at radius 3 is 2.31 bits per heavy atom. The predicted molar refractivity (Wildman–Crippen MR) is 98.2 cm³/mol. The lowest BCUT2D eigenvalue weighted by molar-refractivity contribution is -0.126. The Morgan fingerprint density at radius 1 is 0.846 bits per heavy atom. The van der Waals surface area contributed by atoms with Gasteiger partial charge in [-0.3, -0.25) is 9.59 Å². The third-order valence-electron chi connectivity index (χ3n) is 5.81. The largest absolute Gasteiger partial charge is 0.274 e. The van der Waals surface area contributed by atoms with Crippen molar-refractivity contribution in [3.05, 3.63) is 65.7 Å². The zero-order valence-electron chi connectivity index (χ0n) is 14.7. The van der Waals surface area contributed by atoms with Gasteiger partial charge in [0.1, 0.15) is 6.04 Å². The van der Waals surface area contributed by atoms with E-state index in [1.165, 1.54) is 4.90 Å². The molecule has 2 amide bonds. The van der Waals surface area contributed by atoms with Gasteiger partial charge in [0.15, 0.2) is 0 Å². The zero-order chi connectivity index (χ0) is 17.8. The van der Waals surface area contributed by atoms with Gasteiger partial charge in [0.2, 0.25) is 5.91 Å². The summed E-state index contributed by atoms with van der Waals surface area (Å²) < 4.78 is 0. The van der Waals surface area contributed by atoms with Crippen LogP contribution in [0, 0.1) is 12.8 Å². The van der Waals surface area contributed by atoms with Crippen LogP contribution >= 0.6 is 0 Å². The number of carbonyl (C=O) groups is 2. The van der Waals surface area contributed by atoms with Crippen molar-refractivity contribution in [2.45, 2.75) is 25.4 Å². The highest BCUT2D eigenvalue weighted by molar-refractivity contribution is 6.24. The predicted octanol–water partition coefficient (Wildman–Crippen LogP) is 2.53. The second-order valence-corrected chi connectivity index (χ2v) is 7.36. The van der Waals surface area contributed by atoms with Gasteiger partial charge in [0.05, 0.1) is 17.6 Å². The van der Waals surface area contributed by atoms with Crippen molar-refractivity contribution in [2.24, 2.45) is 5.92 Å². The molecule has 2 aromatic rings. The first-order chi connectivity index (χ1) is 12.7. The van der Waals surface area contributed by atoms with Crippen LogP contribution in [-0.2, 0) is 9.59 Å². The van der Waals surface area contributed by atoms with Crippen LogP contribution in [0.5, 0.6) is 0 Å². The summed E-state index contributed by atoms with van der Waals surface area (Å²) in [6, 6.07) is 17.3. The second kappa shape index (κ2) is 5.76. The van der Waals surface area contributed by atoms with Gasteiger partial charge in [-0.1, -0.05) is 42.5 Å². The second-order valence-electron chi connectivity index (χ2n) is 7.36. The molecule has 0 unspecified atom stereocenters. The molecule has 0 spiro atoms. The maximum Gasteiger partial charge on any atom is 0.253 e. The van der Waals surface area contributed by atoms with Crippen LogP contribution in [0.4, 0.5) is 5.69 Å². The first kappa shape index (κ1) is 15.7. The molecule has 3 atom stereocenters. The molecular weight excluding hydrogens is 326 g/mol. The van der Waals surface area contributed by atoms with Gasteiger partial charge in [-0.15, -0.1) is 0 Å². The third kappa shape index (κ3) is 2.11. The lowest BCUT2D eigenvalue weighted by atomic mass is 9.90. The number of benzene rings is 2. The molecule has 0 aromatic heterocycles. The molecule has 3 fully saturated rings. The molecule has 5 rings (SSSR count). The fourth-order valence-electron chi connectivity index (χ4n) is 4.79. The monoisotopic (exact) mass is 347 g/mol. The molecule has 5 heteroatoms. The van der Waals surface area contributed by atoms with E-state index in [4.69, 9.17) is 0 Å². The average Bonchev–Trinajstić information content (AvgIpc) is 3.28. The lowest BCUT2D eigenvalue weighted by Gasteiger charge is -2.29. The van der Waals surface area contributed by atoms with Gasteiger partial charge >= 0.3 is 0 Å². The Morgan fingerprint density at radius 2 is 1.58 bits per heavy atom. The van der Waals surface area contributed by atoms with E-state index in [2.05, 4.69) is 22.2 Å². The molecule has 0 radical (unpaired) electrons. The fourth-order valence-corrected chi connectivity index (χ4v) is 4.79. The van der Waals surface area contributed by atoms with Crippen molar-refractivity contribution in [3.8, 4) is 0 Å². The molecular formula is C21H21N3O2. The summed E-state index contributed by atoms with van der Waals surface area (Å²) in [5.74, 6) is -0.504. The molecule has 0 saturated carbocycles. The summed E-state index contributed by atoms with van der Waals surface area (Å²) in [5, 5.41) is 4.38. The number of imide groups is 1. The summed E-state index contributed by atoms with van der Waals surface area (Å²) in [5.41, 5.74) is 2.84. The van der Waals surface area contributed by atoms with E-state index >= 15 is 0 Å². The highest BCUT2D eigenvalue weighted by atomic mass is 16.2. The number of anilines is 1.